The second-order valence-corrected chi connectivity index (χ2v) is 10.7. The SMILES string of the molecule is COc1cc2c(O)c(C)c(/C=C/C(C)(O)CCC=C(C)CCC=C(C)CCC=C(C)C)c(O)c2cc1OC. The summed E-state index contributed by atoms with van der Waals surface area (Å²) in [6, 6.07) is 3.29. The number of phenolic OH excluding ortho intramolecular Hbond substituents is 2. The van der Waals surface area contributed by atoms with E-state index in [1.165, 1.54) is 30.9 Å². The second kappa shape index (κ2) is 14.1. The van der Waals surface area contributed by atoms with Crippen molar-refractivity contribution >= 4 is 16.8 Å². The van der Waals surface area contributed by atoms with Gasteiger partial charge in [0.1, 0.15) is 11.5 Å². The van der Waals surface area contributed by atoms with E-state index in [-0.39, 0.29) is 11.5 Å². The predicted molar refractivity (Wildman–Crippen MR) is 159 cm³/mol. The lowest BCUT2D eigenvalue weighted by Gasteiger charge is -2.19. The van der Waals surface area contributed by atoms with E-state index in [1.807, 2.05) is 0 Å². The van der Waals surface area contributed by atoms with E-state index in [4.69, 9.17) is 9.47 Å². The van der Waals surface area contributed by atoms with Crippen molar-refractivity contribution in [2.24, 2.45) is 0 Å². The number of aromatic hydroxyl groups is 2. The lowest BCUT2D eigenvalue weighted by molar-refractivity contribution is 0.104. The number of phenols is 2. The van der Waals surface area contributed by atoms with Crippen molar-refractivity contribution in [1.29, 1.82) is 0 Å². The zero-order chi connectivity index (χ0) is 28.5. The standard InChI is InChI=1S/C33H46O5/c1-22(2)12-9-13-23(3)14-10-15-24(4)16-11-18-33(6,36)19-17-26-25(5)31(34)27-20-29(37-7)30(38-8)21-28(27)32(26)35/h12,14,16-17,19-21,34-36H,9-11,13,15,18H2,1-8H3/b19-17+,23-14?,24-16?. The number of rotatable bonds is 13. The van der Waals surface area contributed by atoms with Crippen LogP contribution in [0.5, 0.6) is 23.0 Å². The summed E-state index contributed by atoms with van der Waals surface area (Å²) in [4.78, 5) is 0. The summed E-state index contributed by atoms with van der Waals surface area (Å²) < 4.78 is 10.7. The van der Waals surface area contributed by atoms with Crippen LogP contribution in [0.3, 0.4) is 0 Å². The number of ether oxygens (including phenoxy) is 2. The fourth-order valence-corrected chi connectivity index (χ4v) is 4.42. The van der Waals surface area contributed by atoms with Gasteiger partial charge < -0.3 is 24.8 Å². The average molecular weight is 523 g/mol. The number of fused-ring (bicyclic) bond motifs is 1. The molecule has 2 aromatic carbocycles. The lowest BCUT2D eigenvalue weighted by atomic mass is 9.94. The van der Waals surface area contributed by atoms with Crippen LogP contribution in [0.2, 0.25) is 0 Å². The maximum atomic E-state index is 11.0. The van der Waals surface area contributed by atoms with E-state index in [9.17, 15) is 15.3 Å². The molecule has 5 nitrogen and oxygen atoms in total. The molecule has 0 fully saturated rings. The van der Waals surface area contributed by atoms with E-state index in [1.54, 1.807) is 38.1 Å². The number of hydrogen-bond donors (Lipinski definition) is 3. The molecule has 5 heteroatoms. The monoisotopic (exact) mass is 522 g/mol. The van der Waals surface area contributed by atoms with E-state index in [2.05, 4.69) is 45.9 Å². The Morgan fingerprint density at radius 3 is 1.84 bits per heavy atom. The molecule has 2 rings (SSSR count). The first kappa shape index (κ1) is 31.0. The molecule has 0 spiro atoms. The predicted octanol–water partition coefficient (Wildman–Crippen LogP) is 8.54. The fourth-order valence-electron chi connectivity index (χ4n) is 4.42. The molecule has 1 atom stereocenters. The molecule has 0 aliphatic heterocycles. The Hall–Kier alpha value is -3.18. The fraction of sp³-hybridized carbons (Fsp3) is 0.455. The quantitative estimate of drug-likeness (QED) is 0.181. The van der Waals surface area contributed by atoms with Gasteiger partial charge in [0, 0.05) is 21.9 Å². The van der Waals surface area contributed by atoms with E-state index in [0.717, 1.165) is 32.1 Å². The minimum atomic E-state index is -1.07. The summed E-state index contributed by atoms with van der Waals surface area (Å²) in [7, 11) is 3.05. The molecular formula is C33H46O5. The number of hydrogen-bond acceptors (Lipinski definition) is 5. The molecule has 0 saturated carbocycles. The van der Waals surface area contributed by atoms with Gasteiger partial charge in [0.2, 0.25) is 0 Å². The van der Waals surface area contributed by atoms with Crippen LogP contribution in [0.4, 0.5) is 0 Å². The first-order valence-corrected chi connectivity index (χ1v) is 13.4. The van der Waals surface area contributed by atoms with Crippen molar-refractivity contribution in [2.75, 3.05) is 14.2 Å². The van der Waals surface area contributed by atoms with Gasteiger partial charge in [-0.1, -0.05) is 47.1 Å². The Bertz CT molecular complexity index is 1220. The van der Waals surface area contributed by atoms with Crippen LogP contribution >= 0.6 is 0 Å². The Morgan fingerprint density at radius 2 is 1.32 bits per heavy atom. The average Bonchev–Trinajstić information content (AvgIpc) is 2.86. The molecule has 38 heavy (non-hydrogen) atoms. The summed E-state index contributed by atoms with van der Waals surface area (Å²) in [5.74, 6) is 0.993. The van der Waals surface area contributed by atoms with E-state index < -0.39 is 5.60 Å². The molecule has 3 N–H and O–H groups in total. The van der Waals surface area contributed by atoms with Gasteiger partial charge in [0.15, 0.2) is 11.5 Å². The van der Waals surface area contributed by atoms with Gasteiger partial charge in [0.05, 0.1) is 19.8 Å². The number of aliphatic hydroxyl groups is 1. The van der Waals surface area contributed by atoms with Crippen LogP contribution in [-0.2, 0) is 0 Å². The molecule has 2 aromatic rings. The second-order valence-electron chi connectivity index (χ2n) is 10.7. The zero-order valence-electron chi connectivity index (χ0n) is 24.4. The number of methoxy groups -OCH3 is 2. The molecule has 0 aliphatic carbocycles. The molecule has 0 aromatic heterocycles. The van der Waals surface area contributed by atoms with E-state index >= 15 is 0 Å². The summed E-state index contributed by atoms with van der Waals surface area (Å²) >= 11 is 0. The van der Waals surface area contributed by atoms with Gasteiger partial charge >= 0.3 is 0 Å². The minimum absolute atomic E-state index is 0.0169. The third-order valence-corrected chi connectivity index (χ3v) is 6.92. The molecular weight excluding hydrogens is 476 g/mol. The smallest absolute Gasteiger partial charge is 0.161 e. The van der Waals surface area contributed by atoms with Crippen molar-refractivity contribution in [3.8, 4) is 23.0 Å². The third kappa shape index (κ3) is 8.70. The molecule has 0 saturated heterocycles. The lowest BCUT2D eigenvalue weighted by Crippen LogP contribution is -2.19. The number of benzene rings is 2. The van der Waals surface area contributed by atoms with E-state index in [0.29, 0.717) is 39.8 Å². The van der Waals surface area contributed by atoms with Gasteiger partial charge in [-0.05, 0) is 92.2 Å². The van der Waals surface area contributed by atoms with Gasteiger partial charge in [-0.3, -0.25) is 0 Å². The normalized spacial score (nSPS) is 14.1. The maximum absolute atomic E-state index is 11.0. The van der Waals surface area contributed by atoms with Crippen molar-refractivity contribution in [3.05, 3.63) is 64.3 Å². The van der Waals surface area contributed by atoms with Crippen LogP contribution < -0.4 is 9.47 Å². The van der Waals surface area contributed by atoms with Crippen LogP contribution in [0, 0.1) is 6.92 Å². The third-order valence-electron chi connectivity index (χ3n) is 6.92. The van der Waals surface area contributed by atoms with Gasteiger partial charge in [-0.15, -0.1) is 0 Å². The summed E-state index contributed by atoms with van der Waals surface area (Å²) in [5, 5.41) is 33.7. The van der Waals surface area contributed by atoms with Crippen LogP contribution in [0.15, 0.2) is 53.2 Å². The highest BCUT2D eigenvalue weighted by Gasteiger charge is 2.20. The highest BCUT2D eigenvalue weighted by atomic mass is 16.5. The number of allylic oxidation sites excluding steroid dienone is 6. The van der Waals surface area contributed by atoms with Crippen molar-refractivity contribution < 1.29 is 24.8 Å². The highest BCUT2D eigenvalue weighted by molar-refractivity contribution is 5.99. The Labute approximate surface area is 228 Å². The zero-order valence-corrected chi connectivity index (χ0v) is 24.4. The van der Waals surface area contributed by atoms with Crippen LogP contribution in [-0.4, -0.2) is 35.1 Å². The van der Waals surface area contributed by atoms with Crippen molar-refractivity contribution in [3.63, 3.8) is 0 Å². The first-order chi connectivity index (χ1) is 17.9. The molecule has 208 valence electrons. The Balaban J connectivity index is 2.07. The molecule has 1 unspecified atom stereocenters. The summed E-state index contributed by atoms with van der Waals surface area (Å²) in [6.45, 7) is 12.1. The molecule has 0 aliphatic rings. The Morgan fingerprint density at radius 1 is 0.816 bits per heavy atom. The summed E-state index contributed by atoms with van der Waals surface area (Å²) in [5.41, 5.74) is 4.02. The van der Waals surface area contributed by atoms with Crippen molar-refractivity contribution in [1.82, 2.24) is 0 Å². The van der Waals surface area contributed by atoms with Gasteiger partial charge in [0.25, 0.3) is 0 Å². The first-order valence-electron chi connectivity index (χ1n) is 13.4. The van der Waals surface area contributed by atoms with Crippen LogP contribution in [0.25, 0.3) is 16.8 Å². The molecule has 0 bridgehead atoms. The summed E-state index contributed by atoms with van der Waals surface area (Å²) in [6.07, 6.45) is 15.7. The maximum Gasteiger partial charge on any atom is 0.161 e. The van der Waals surface area contributed by atoms with Crippen molar-refractivity contribution in [2.45, 2.75) is 85.7 Å². The van der Waals surface area contributed by atoms with Crippen LogP contribution in [0.1, 0.15) is 84.3 Å². The minimum Gasteiger partial charge on any atom is -0.507 e. The van der Waals surface area contributed by atoms with Gasteiger partial charge in [-0.25, -0.2) is 0 Å². The molecule has 0 heterocycles. The molecule has 0 amide bonds. The highest BCUT2D eigenvalue weighted by Crippen LogP contribution is 2.44. The molecule has 0 radical (unpaired) electrons. The Kier molecular flexibility index (Phi) is 11.5. The van der Waals surface area contributed by atoms with Gasteiger partial charge in [-0.2, -0.15) is 0 Å². The largest absolute Gasteiger partial charge is 0.507 e. The topological polar surface area (TPSA) is 79.2 Å².